The van der Waals surface area contributed by atoms with E-state index in [1.165, 1.54) is 12.2 Å². The van der Waals surface area contributed by atoms with Crippen LogP contribution in [-0.4, -0.2) is 37.8 Å². The molecule has 4 heteroatoms. The van der Waals surface area contributed by atoms with Crippen molar-refractivity contribution in [1.29, 1.82) is 0 Å². The summed E-state index contributed by atoms with van der Waals surface area (Å²) in [5.41, 5.74) is -0.120. The van der Waals surface area contributed by atoms with Crippen molar-refractivity contribution in [1.82, 2.24) is 5.06 Å². The number of carbonyl (C=O) groups is 1. The zero-order valence-corrected chi connectivity index (χ0v) is 8.29. The molecule has 0 heterocycles. The average Bonchev–Trinajstić information content (AvgIpc) is 1.99. The molecule has 0 aromatic rings. The normalized spacial score (nSPS) is 40.5. The van der Waals surface area contributed by atoms with Crippen LogP contribution in [0, 0.1) is 5.41 Å². The fraction of sp³-hybridized carbons (Fsp3) is 0.889. The van der Waals surface area contributed by atoms with E-state index in [0.717, 1.165) is 19.3 Å². The highest BCUT2D eigenvalue weighted by molar-refractivity contribution is 5.86. The van der Waals surface area contributed by atoms with E-state index in [1.54, 1.807) is 14.2 Å². The van der Waals surface area contributed by atoms with Crippen molar-refractivity contribution in [3.63, 3.8) is 0 Å². The van der Waals surface area contributed by atoms with Crippen LogP contribution >= 0.6 is 0 Å². The summed E-state index contributed by atoms with van der Waals surface area (Å²) >= 11 is 0. The van der Waals surface area contributed by atoms with Crippen LogP contribution in [0.15, 0.2) is 0 Å². The first-order valence-corrected chi connectivity index (χ1v) is 4.45. The monoisotopic (exact) mass is 185 g/mol. The van der Waals surface area contributed by atoms with Crippen LogP contribution in [0.5, 0.6) is 0 Å². The fourth-order valence-electron chi connectivity index (χ4n) is 2.56. The second-order valence-electron chi connectivity index (χ2n) is 4.18. The lowest BCUT2D eigenvalue weighted by Crippen LogP contribution is -2.72. The highest BCUT2D eigenvalue weighted by atomic mass is 16.7. The highest BCUT2D eigenvalue weighted by Gasteiger charge is 2.73. The topological polar surface area (TPSA) is 38.8 Å². The number of hydrogen-bond donors (Lipinski definition) is 0. The van der Waals surface area contributed by atoms with Crippen molar-refractivity contribution in [2.45, 2.75) is 24.9 Å². The molecule has 0 aromatic heterocycles. The Kier molecular flexibility index (Phi) is 1.69. The molecule has 0 atom stereocenters. The number of ether oxygens (including phenoxy) is 1. The van der Waals surface area contributed by atoms with Gasteiger partial charge in [0.05, 0.1) is 18.1 Å². The van der Waals surface area contributed by atoms with Crippen LogP contribution in [0.1, 0.15) is 19.3 Å². The first kappa shape index (κ1) is 8.97. The number of hydroxylamine groups is 2. The largest absolute Gasteiger partial charge is 0.378 e. The molecule has 3 saturated carbocycles. The lowest BCUT2D eigenvalue weighted by molar-refractivity contribution is -0.279. The Balaban J connectivity index is 1.96. The van der Waals surface area contributed by atoms with Crippen molar-refractivity contribution >= 4 is 5.91 Å². The molecule has 0 radical (unpaired) electrons. The quantitative estimate of drug-likeness (QED) is 0.603. The van der Waals surface area contributed by atoms with E-state index in [2.05, 4.69) is 0 Å². The second kappa shape index (κ2) is 2.45. The lowest BCUT2D eigenvalue weighted by atomic mass is 9.40. The summed E-state index contributed by atoms with van der Waals surface area (Å²) in [6.07, 6.45) is 2.59. The number of amides is 1. The van der Waals surface area contributed by atoms with Crippen LogP contribution in [0.4, 0.5) is 0 Å². The van der Waals surface area contributed by atoms with Crippen molar-refractivity contribution in [2.24, 2.45) is 5.41 Å². The van der Waals surface area contributed by atoms with Gasteiger partial charge in [0.2, 0.25) is 0 Å². The zero-order chi connectivity index (χ0) is 9.69. The minimum atomic E-state index is -0.152. The highest BCUT2D eigenvalue weighted by Crippen LogP contribution is 2.69. The molecule has 0 N–H and O–H groups in total. The third-order valence-corrected chi connectivity index (χ3v) is 3.43. The van der Waals surface area contributed by atoms with E-state index < -0.39 is 0 Å². The van der Waals surface area contributed by atoms with Crippen molar-refractivity contribution in [3.8, 4) is 0 Å². The van der Waals surface area contributed by atoms with Crippen LogP contribution in [0.25, 0.3) is 0 Å². The van der Waals surface area contributed by atoms with Gasteiger partial charge in [0.15, 0.2) is 0 Å². The summed E-state index contributed by atoms with van der Waals surface area (Å²) < 4.78 is 5.32. The van der Waals surface area contributed by atoms with Crippen molar-refractivity contribution in [3.05, 3.63) is 0 Å². The molecule has 0 unspecified atom stereocenters. The molecule has 4 nitrogen and oxygen atoms in total. The summed E-state index contributed by atoms with van der Waals surface area (Å²) in [4.78, 5) is 16.6. The summed E-state index contributed by atoms with van der Waals surface area (Å²) in [5.74, 6) is 0.0916. The van der Waals surface area contributed by atoms with Crippen LogP contribution in [0.3, 0.4) is 0 Å². The number of methoxy groups -OCH3 is 1. The standard InChI is InChI=1S/C9H15NO3/c1-10(13-3)7(11)8-4-9(5-8,6-8)12-2/h4-6H2,1-3H3. The Morgan fingerprint density at radius 1 is 1.31 bits per heavy atom. The first-order valence-electron chi connectivity index (χ1n) is 4.45. The summed E-state index contributed by atoms with van der Waals surface area (Å²) in [6, 6.07) is 0. The van der Waals surface area contributed by atoms with Crippen LogP contribution in [-0.2, 0) is 14.4 Å². The molecule has 74 valence electrons. The summed E-state index contributed by atoms with van der Waals surface area (Å²) in [6.45, 7) is 0. The molecule has 3 aliphatic carbocycles. The van der Waals surface area contributed by atoms with E-state index in [1.807, 2.05) is 0 Å². The Morgan fingerprint density at radius 3 is 2.23 bits per heavy atom. The van der Waals surface area contributed by atoms with E-state index in [-0.39, 0.29) is 16.9 Å². The van der Waals surface area contributed by atoms with E-state index in [0.29, 0.717) is 0 Å². The second-order valence-corrected chi connectivity index (χ2v) is 4.18. The van der Waals surface area contributed by atoms with Crippen LogP contribution < -0.4 is 0 Å². The van der Waals surface area contributed by atoms with E-state index in [9.17, 15) is 4.79 Å². The molecule has 3 fully saturated rings. The number of hydrogen-bond acceptors (Lipinski definition) is 3. The Bertz CT molecular complexity index is 231. The maximum Gasteiger partial charge on any atom is 0.252 e. The Labute approximate surface area is 77.7 Å². The molecule has 3 rings (SSSR count). The van der Waals surface area contributed by atoms with Gasteiger partial charge in [-0.25, -0.2) is 5.06 Å². The third kappa shape index (κ3) is 0.957. The molecule has 0 aliphatic heterocycles. The molecule has 0 aromatic carbocycles. The van der Waals surface area contributed by atoms with Gasteiger partial charge < -0.3 is 4.74 Å². The predicted octanol–water partition coefficient (Wildman–Crippen LogP) is 0.575. The maximum absolute atomic E-state index is 11.7. The molecule has 2 bridgehead atoms. The lowest BCUT2D eigenvalue weighted by Gasteiger charge is -2.68. The van der Waals surface area contributed by atoms with Gasteiger partial charge in [-0.3, -0.25) is 9.63 Å². The molecule has 0 spiro atoms. The SMILES string of the molecule is CON(C)C(=O)C12CC(OC)(C1)C2. The van der Waals surface area contributed by atoms with E-state index in [4.69, 9.17) is 9.57 Å². The molecule has 0 saturated heterocycles. The van der Waals surface area contributed by atoms with Gasteiger partial charge >= 0.3 is 0 Å². The molecular weight excluding hydrogens is 170 g/mol. The van der Waals surface area contributed by atoms with Crippen molar-refractivity contribution in [2.75, 3.05) is 21.3 Å². The van der Waals surface area contributed by atoms with Crippen LogP contribution in [0.2, 0.25) is 0 Å². The molecule has 13 heavy (non-hydrogen) atoms. The zero-order valence-electron chi connectivity index (χ0n) is 8.29. The molecular formula is C9H15NO3. The maximum atomic E-state index is 11.7. The summed E-state index contributed by atoms with van der Waals surface area (Å²) in [5, 5.41) is 1.32. The van der Waals surface area contributed by atoms with E-state index >= 15 is 0 Å². The Morgan fingerprint density at radius 2 is 1.85 bits per heavy atom. The van der Waals surface area contributed by atoms with Gasteiger partial charge in [0.25, 0.3) is 5.91 Å². The first-order chi connectivity index (χ1) is 6.07. The minimum Gasteiger partial charge on any atom is -0.378 e. The molecule has 3 aliphatic rings. The summed E-state index contributed by atoms with van der Waals surface area (Å²) in [7, 11) is 4.88. The molecule has 1 amide bonds. The average molecular weight is 185 g/mol. The number of nitrogens with zero attached hydrogens (tertiary/aromatic N) is 1. The Hall–Kier alpha value is -0.610. The fourth-order valence-corrected chi connectivity index (χ4v) is 2.56. The van der Waals surface area contributed by atoms with Gasteiger partial charge in [-0.1, -0.05) is 0 Å². The van der Waals surface area contributed by atoms with Gasteiger partial charge in [-0.15, -0.1) is 0 Å². The third-order valence-electron chi connectivity index (χ3n) is 3.43. The van der Waals surface area contributed by atoms with Gasteiger partial charge in [-0.2, -0.15) is 0 Å². The number of rotatable bonds is 3. The number of carbonyl (C=O) groups excluding carboxylic acids is 1. The predicted molar refractivity (Wildman–Crippen MR) is 45.8 cm³/mol. The smallest absolute Gasteiger partial charge is 0.252 e. The van der Waals surface area contributed by atoms with Gasteiger partial charge in [0, 0.05) is 14.2 Å². The van der Waals surface area contributed by atoms with Gasteiger partial charge in [-0.05, 0) is 19.3 Å². The minimum absolute atomic E-state index is 0.0320. The van der Waals surface area contributed by atoms with Crippen molar-refractivity contribution < 1.29 is 14.4 Å². The van der Waals surface area contributed by atoms with Gasteiger partial charge in [0.1, 0.15) is 0 Å².